The van der Waals surface area contributed by atoms with Crippen LogP contribution in [0.1, 0.15) is 20.3 Å². The van der Waals surface area contributed by atoms with E-state index in [-0.39, 0.29) is 5.69 Å². The van der Waals surface area contributed by atoms with E-state index in [0.717, 1.165) is 6.42 Å². The SMILES string of the molecule is CCC(C)Cn1nc2ccccn2c1=O. The molecule has 0 saturated heterocycles. The third-order valence-electron chi connectivity index (χ3n) is 2.67. The van der Waals surface area contributed by atoms with Gasteiger partial charge in [-0.15, -0.1) is 5.10 Å². The summed E-state index contributed by atoms with van der Waals surface area (Å²) in [6, 6.07) is 5.56. The maximum atomic E-state index is 11.8. The summed E-state index contributed by atoms with van der Waals surface area (Å²) in [6.45, 7) is 4.93. The van der Waals surface area contributed by atoms with Crippen LogP contribution >= 0.6 is 0 Å². The van der Waals surface area contributed by atoms with E-state index >= 15 is 0 Å². The number of rotatable bonds is 3. The molecule has 0 amide bonds. The van der Waals surface area contributed by atoms with Crippen LogP contribution in [0.2, 0.25) is 0 Å². The van der Waals surface area contributed by atoms with Crippen molar-refractivity contribution < 1.29 is 0 Å². The van der Waals surface area contributed by atoms with Crippen LogP contribution in [0.4, 0.5) is 0 Å². The first-order valence-electron chi connectivity index (χ1n) is 5.26. The van der Waals surface area contributed by atoms with Crippen molar-refractivity contribution in [2.24, 2.45) is 5.92 Å². The van der Waals surface area contributed by atoms with Crippen LogP contribution in [-0.4, -0.2) is 14.2 Å². The van der Waals surface area contributed by atoms with Gasteiger partial charge in [0.2, 0.25) is 0 Å². The van der Waals surface area contributed by atoms with Gasteiger partial charge in [-0.1, -0.05) is 26.3 Å². The van der Waals surface area contributed by atoms with Crippen molar-refractivity contribution in [1.29, 1.82) is 0 Å². The number of hydrogen-bond acceptors (Lipinski definition) is 2. The lowest BCUT2D eigenvalue weighted by molar-refractivity contribution is 0.430. The number of fused-ring (bicyclic) bond motifs is 1. The lowest BCUT2D eigenvalue weighted by Crippen LogP contribution is -2.23. The molecule has 0 spiro atoms. The molecule has 2 heterocycles. The molecule has 1 atom stereocenters. The minimum absolute atomic E-state index is 0.0501. The number of nitrogens with zero attached hydrogens (tertiary/aromatic N) is 3. The molecule has 0 aliphatic carbocycles. The van der Waals surface area contributed by atoms with Crippen LogP contribution in [0.5, 0.6) is 0 Å². The maximum absolute atomic E-state index is 11.8. The van der Waals surface area contributed by atoms with E-state index in [9.17, 15) is 4.79 Å². The van der Waals surface area contributed by atoms with Gasteiger partial charge in [-0.05, 0) is 18.1 Å². The Labute approximate surface area is 88.2 Å². The van der Waals surface area contributed by atoms with E-state index in [1.54, 1.807) is 15.3 Å². The van der Waals surface area contributed by atoms with Crippen LogP contribution in [0.3, 0.4) is 0 Å². The Hall–Kier alpha value is -1.58. The van der Waals surface area contributed by atoms with Crippen LogP contribution in [-0.2, 0) is 6.54 Å². The van der Waals surface area contributed by atoms with E-state index in [0.29, 0.717) is 18.1 Å². The molecule has 0 saturated carbocycles. The molecule has 4 nitrogen and oxygen atoms in total. The highest BCUT2D eigenvalue weighted by Crippen LogP contribution is 2.03. The topological polar surface area (TPSA) is 39.3 Å². The van der Waals surface area contributed by atoms with Crippen molar-refractivity contribution in [3.63, 3.8) is 0 Å². The Morgan fingerprint density at radius 3 is 2.93 bits per heavy atom. The van der Waals surface area contributed by atoms with Crippen LogP contribution in [0.25, 0.3) is 5.65 Å². The molecule has 2 aromatic rings. The largest absolute Gasteiger partial charge is 0.350 e. The van der Waals surface area contributed by atoms with Crippen molar-refractivity contribution >= 4 is 5.65 Å². The van der Waals surface area contributed by atoms with Crippen molar-refractivity contribution in [1.82, 2.24) is 14.2 Å². The van der Waals surface area contributed by atoms with Gasteiger partial charge in [-0.2, -0.15) is 0 Å². The zero-order valence-corrected chi connectivity index (χ0v) is 9.05. The summed E-state index contributed by atoms with van der Waals surface area (Å²) in [5.41, 5.74) is 0.664. The Balaban J connectivity index is 2.45. The smallest absolute Gasteiger partial charge is 0.250 e. The lowest BCUT2D eigenvalue weighted by atomic mass is 10.1. The van der Waals surface area contributed by atoms with Crippen molar-refractivity contribution in [2.45, 2.75) is 26.8 Å². The molecular formula is C11H15N3O. The van der Waals surface area contributed by atoms with Crippen LogP contribution < -0.4 is 5.69 Å². The zero-order valence-electron chi connectivity index (χ0n) is 9.05. The number of hydrogen-bond donors (Lipinski definition) is 0. The first-order valence-corrected chi connectivity index (χ1v) is 5.26. The second-order valence-corrected chi connectivity index (χ2v) is 3.91. The molecule has 0 aromatic carbocycles. The Kier molecular flexibility index (Phi) is 2.58. The first-order chi connectivity index (χ1) is 7.22. The monoisotopic (exact) mass is 205 g/mol. The fourth-order valence-corrected chi connectivity index (χ4v) is 1.51. The maximum Gasteiger partial charge on any atom is 0.350 e. The summed E-state index contributed by atoms with van der Waals surface area (Å²) < 4.78 is 3.12. The molecule has 80 valence electrons. The summed E-state index contributed by atoms with van der Waals surface area (Å²) in [5, 5.41) is 4.27. The summed E-state index contributed by atoms with van der Waals surface area (Å²) >= 11 is 0. The predicted octanol–water partition coefficient (Wildman–Crippen LogP) is 1.54. The highest BCUT2D eigenvalue weighted by atomic mass is 16.2. The molecule has 0 aliphatic heterocycles. The average molecular weight is 205 g/mol. The summed E-state index contributed by atoms with van der Waals surface area (Å²) in [6.07, 6.45) is 2.80. The van der Waals surface area contributed by atoms with E-state index in [1.165, 1.54) is 0 Å². The molecule has 0 fully saturated rings. The molecule has 0 N–H and O–H groups in total. The third kappa shape index (κ3) is 1.79. The van der Waals surface area contributed by atoms with Crippen LogP contribution in [0, 0.1) is 5.92 Å². The third-order valence-corrected chi connectivity index (χ3v) is 2.67. The molecule has 0 bridgehead atoms. The molecule has 0 radical (unpaired) electrons. The lowest BCUT2D eigenvalue weighted by Gasteiger charge is -2.05. The zero-order chi connectivity index (χ0) is 10.8. The van der Waals surface area contributed by atoms with Gasteiger partial charge in [0.05, 0.1) is 0 Å². The van der Waals surface area contributed by atoms with Gasteiger partial charge in [-0.25, -0.2) is 9.48 Å². The van der Waals surface area contributed by atoms with Gasteiger partial charge in [0, 0.05) is 12.7 Å². The highest BCUT2D eigenvalue weighted by Gasteiger charge is 2.08. The molecule has 15 heavy (non-hydrogen) atoms. The van der Waals surface area contributed by atoms with E-state index in [4.69, 9.17) is 0 Å². The van der Waals surface area contributed by atoms with Gasteiger partial charge in [0.25, 0.3) is 0 Å². The number of pyridine rings is 1. The second kappa shape index (κ2) is 3.88. The molecule has 2 rings (SSSR count). The second-order valence-electron chi connectivity index (χ2n) is 3.91. The van der Waals surface area contributed by atoms with Gasteiger partial charge < -0.3 is 0 Å². The standard InChI is InChI=1S/C11H15N3O/c1-3-9(2)8-14-11(15)13-7-5-4-6-10(13)12-14/h4-7,9H,3,8H2,1-2H3. The summed E-state index contributed by atoms with van der Waals surface area (Å²) in [4.78, 5) is 11.8. The van der Waals surface area contributed by atoms with E-state index < -0.39 is 0 Å². The minimum Gasteiger partial charge on any atom is -0.250 e. The molecule has 4 heteroatoms. The normalized spacial score (nSPS) is 13.2. The van der Waals surface area contributed by atoms with Crippen molar-refractivity contribution in [3.8, 4) is 0 Å². The predicted molar refractivity (Wildman–Crippen MR) is 58.9 cm³/mol. The molecule has 1 unspecified atom stereocenters. The van der Waals surface area contributed by atoms with Gasteiger partial charge >= 0.3 is 5.69 Å². The Morgan fingerprint density at radius 2 is 2.27 bits per heavy atom. The molecule has 2 aromatic heterocycles. The summed E-state index contributed by atoms with van der Waals surface area (Å²) in [7, 11) is 0. The van der Waals surface area contributed by atoms with Gasteiger partial charge in [0.1, 0.15) is 0 Å². The van der Waals surface area contributed by atoms with E-state index in [2.05, 4.69) is 18.9 Å². The Morgan fingerprint density at radius 1 is 1.47 bits per heavy atom. The fraction of sp³-hybridized carbons (Fsp3) is 0.455. The first kappa shape index (κ1) is 9.96. The quantitative estimate of drug-likeness (QED) is 0.762. The molecular weight excluding hydrogens is 190 g/mol. The highest BCUT2D eigenvalue weighted by molar-refractivity contribution is 5.35. The van der Waals surface area contributed by atoms with Crippen LogP contribution in [0.15, 0.2) is 29.2 Å². The van der Waals surface area contributed by atoms with Gasteiger partial charge in [-0.3, -0.25) is 4.40 Å². The Bertz CT molecular complexity index is 512. The van der Waals surface area contributed by atoms with Gasteiger partial charge in [0.15, 0.2) is 5.65 Å². The van der Waals surface area contributed by atoms with E-state index in [1.807, 2.05) is 18.2 Å². The molecule has 0 aliphatic rings. The summed E-state index contributed by atoms with van der Waals surface area (Å²) in [5.74, 6) is 0.479. The van der Waals surface area contributed by atoms with Crippen molar-refractivity contribution in [2.75, 3.05) is 0 Å². The fourth-order valence-electron chi connectivity index (χ4n) is 1.51. The minimum atomic E-state index is -0.0501. The number of aromatic nitrogens is 3. The average Bonchev–Trinajstić information content (AvgIpc) is 2.57. The van der Waals surface area contributed by atoms with Crippen molar-refractivity contribution in [3.05, 3.63) is 34.9 Å².